The highest BCUT2D eigenvalue weighted by Gasteiger charge is 2.42. The minimum absolute atomic E-state index is 0.0340. The molecule has 2 aromatic rings. The molecule has 1 aromatic carbocycles. The van der Waals surface area contributed by atoms with Crippen LogP contribution in [0.3, 0.4) is 0 Å². The highest BCUT2D eigenvalue weighted by atomic mass is 79.9. The van der Waals surface area contributed by atoms with E-state index in [4.69, 9.17) is 4.74 Å². The number of amides is 1. The normalized spacial score (nSPS) is 25.9. The molecule has 3 heterocycles. The van der Waals surface area contributed by atoms with E-state index in [-0.39, 0.29) is 18.1 Å². The van der Waals surface area contributed by atoms with E-state index in [1.54, 1.807) is 6.20 Å². The lowest BCUT2D eigenvalue weighted by atomic mass is 10.1. The summed E-state index contributed by atoms with van der Waals surface area (Å²) < 4.78 is 6.43. The number of benzene rings is 1. The van der Waals surface area contributed by atoms with Gasteiger partial charge in [-0.05, 0) is 12.1 Å². The molecule has 1 N–H and O–H groups in total. The van der Waals surface area contributed by atoms with Gasteiger partial charge in [0, 0.05) is 28.2 Å². The van der Waals surface area contributed by atoms with Crippen molar-refractivity contribution in [3.63, 3.8) is 0 Å². The predicted molar refractivity (Wildman–Crippen MR) is 81.6 cm³/mol. The van der Waals surface area contributed by atoms with Gasteiger partial charge in [0.05, 0.1) is 18.7 Å². The van der Waals surface area contributed by atoms with E-state index in [2.05, 4.69) is 31.1 Å². The molecule has 2 fully saturated rings. The second-order valence-electron chi connectivity index (χ2n) is 5.28. The zero-order chi connectivity index (χ0) is 14.4. The van der Waals surface area contributed by atoms with Crippen LogP contribution >= 0.6 is 15.9 Å². The molecule has 5 nitrogen and oxygen atoms in total. The number of nitrogens with one attached hydrogen (secondary N) is 1. The van der Waals surface area contributed by atoms with Crippen LogP contribution in [0.2, 0.25) is 0 Å². The molecule has 21 heavy (non-hydrogen) atoms. The fourth-order valence-corrected chi connectivity index (χ4v) is 3.55. The van der Waals surface area contributed by atoms with Crippen molar-refractivity contribution in [1.29, 1.82) is 0 Å². The summed E-state index contributed by atoms with van der Waals surface area (Å²) in [7, 11) is 0. The minimum Gasteiger partial charge on any atom is -0.378 e. The Hall–Kier alpha value is -1.50. The van der Waals surface area contributed by atoms with Crippen molar-refractivity contribution >= 4 is 32.7 Å². The molecule has 2 aliphatic rings. The zero-order valence-corrected chi connectivity index (χ0v) is 12.8. The lowest BCUT2D eigenvalue weighted by molar-refractivity contribution is -0.125. The quantitative estimate of drug-likeness (QED) is 0.854. The van der Waals surface area contributed by atoms with Crippen LogP contribution in [0.25, 0.3) is 10.9 Å². The summed E-state index contributed by atoms with van der Waals surface area (Å²) >= 11 is 3.56. The highest BCUT2D eigenvalue weighted by molar-refractivity contribution is 9.10. The number of halogens is 1. The third-order valence-corrected chi connectivity index (χ3v) is 4.82. The summed E-state index contributed by atoms with van der Waals surface area (Å²) in [6, 6.07) is 7.80. The molecule has 1 aromatic heterocycles. The number of hydrogen-bond acceptors (Lipinski definition) is 4. The Morgan fingerprint density at radius 2 is 2.29 bits per heavy atom. The zero-order valence-electron chi connectivity index (χ0n) is 11.3. The Morgan fingerprint density at radius 3 is 3.19 bits per heavy atom. The summed E-state index contributed by atoms with van der Waals surface area (Å²) in [5.41, 5.74) is 1.95. The molecule has 6 heteroatoms. The first-order valence-corrected chi connectivity index (χ1v) is 7.72. The summed E-state index contributed by atoms with van der Waals surface area (Å²) in [5.74, 6) is 0.0340. The molecule has 2 atom stereocenters. The SMILES string of the molecule is O=C1N[C@@H](c2ccc(Br)c3cccnc23)N2CCOC[C@@H]12. The van der Waals surface area contributed by atoms with Crippen LogP contribution in [0.4, 0.5) is 0 Å². The molecule has 0 bridgehead atoms. The summed E-state index contributed by atoms with van der Waals surface area (Å²) in [5, 5.41) is 4.13. The monoisotopic (exact) mass is 347 g/mol. The van der Waals surface area contributed by atoms with Crippen LogP contribution in [0.1, 0.15) is 11.7 Å². The Balaban J connectivity index is 1.83. The summed E-state index contributed by atoms with van der Waals surface area (Å²) in [4.78, 5) is 18.8. The Labute approximate surface area is 130 Å². The number of pyridine rings is 1. The van der Waals surface area contributed by atoms with Crippen molar-refractivity contribution in [3.05, 3.63) is 40.5 Å². The second kappa shape index (κ2) is 5.05. The first-order valence-electron chi connectivity index (χ1n) is 6.93. The Bertz CT molecular complexity index is 721. The van der Waals surface area contributed by atoms with Gasteiger partial charge < -0.3 is 10.1 Å². The van der Waals surface area contributed by atoms with Crippen LogP contribution in [0.5, 0.6) is 0 Å². The number of fused-ring (bicyclic) bond motifs is 2. The first kappa shape index (κ1) is 13.2. The van der Waals surface area contributed by atoms with Crippen molar-refractivity contribution in [2.75, 3.05) is 19.8 Å². The number of aromatic nitrogens is 1. The Kier molecular flexibility index (Phi) is 3.17. The highest BCUT2D eigenvalue weighted by Crippen LogP contribution is 2.34. The average molecular weight is 348 g/mol. The predicted octanol–water partition coefficient (Wildman–Crippen LogP) is 1.83. The fraction of sp³-hybridized carbons (Fsp3) is 0.333. The molecular weight excluding hydrogens is 334 g/mol. The van der Waals surface area contributed by atoms with Gasteiger partial charge in [0.25, 0.3) is 0 Å². The number of ether oxygens (including phenoxy) is 1. The van der Waals surface area contributed by atoms with Gasteiger partial charge in [-0.25, -0.2) is 0 Å². The maximum Gasteiger partial charge on any atom is 0.241 e. The van der Waals surface area contributed by atoms with Gasteiger partial charge in [0.15, 0.2) is 0 Å². The van der Waals surface area contributed by atoms with E-state index in [9.17, 15) is 4.79 Å². The topological polar surface area (TPSA) is 54.5 Å². The van der Waals surface area contributed by atoms with E-state index in [0.29, 0.717) is 13.2 Å². The third-order valence-electron chi connectivity index (χ3n) is 4.13. The van der Waals surface area contributed by atoms with Crippen LogP contribution in [-0.4, -0.2) is 41.6 Å². The fourth-order valence-electron chi connectivity index (χ4n) is 3.10. The van der Waals surface area contributed by atoms with Gasteiger partial charge in [-0.2, -0.15) is 0 Å². The smallest absolute Gasteiger partial charge is 0.241 e. The molecule has 4 rings (SSSR count). The van der Waals surface area contributed by atoms with Crippen LogP contribution in [0.15, 0.2) is 34.9 Å². The lowest BCUT2D eigenvalue weighted by Gasteiger charge is -2.31. The van der Waals surface area contributed by atoms with Gasteiger partial charge >= 0.3 is 0 Å². The van der Waals surface area contributed by atoms with E-state index in [1.807, 2.05) is 24.3 Å². The van der Waals surface area contributed by atoms with Gasteiger partial charge in [-0.15, -0.1) is 0 Å². The number of rotatable bonds is 1. The van der Waals surface area contributed by atoms with Crippen molar-refractivity contribution < 1.29 is 9.53 Å². The lowest BCUT2D eigenvalue weighted by Crippen LogP contribution is -2.44. The second-order valence-corrected chi connectivity index (χ2v) is 6.13. The molecule has 1 amide bonds. The number of carbonyl (C=O) groups is 1. The maximum absolute atomic E-state index is 12.1. The average Bonchev–Trinajstić information content (AvgIpc) is 2.86. The molecule has 2 aliphatic heterocycles. The van der Waals surface area contributed by atoms with E-state index in [1.165, 1.54) is 0 Å². The van der Waals surface area contributed by atoms with Crippen LogP contribution < -0.4 is 5.32 Å². The Morgan fingerprint density at radius 1 is 1.38 bits per heavy atom. The summed E-state index contributed by atoms with van der Waals surface area (Å²) in [6.07, 6.45) is 1.66. The van der Waals surface area contributed by atoms with Gasteiger partial charge in [-0.1, -0.05) is 28.1 Å². The molecule has 0 aliphatic carbocycles. The molecular formula is C15H14BrN3O2. The van der Waals surface area contributed by atoms with Gasteiger partial charge in [0.1, 0.15) is 12.2 Å². The van der Waals surface area contributed by atoms with Crippen LogP contribution in [-0.2, 0) is 9.53 Å². The number of nitrogens with zero attached hydrogens (tertiary/aromatic N) is 2. The maximum atomic E-state index is 12.1. The molecule has 2 saturated heterocycles. The van der Waals surface area contributed by atoms with Crippen LogP contribution in [0, 0.1) is 0 Å². The van der Waals surface area contributed by atoms with Crippen molar-refractivity contribution in [2.24, 2.45) is 0 Å². The van der Waals surface area contributed by atoms with E-state index >= 15 is 0 Å². The molecule has 108 valence electrons. The molecule has 0 unspecified atom stereocenters. The van der Waals surface area contributed by atoms with Crippen molar-refractivity contribution in [2.45, 2.75) is 12.2 Å². The number of morpholine rings is 1. The van der Waals surface area contributed by atoms with Gasteiger partial charge in [-0.3, -0.25) is 14.7 Å². The van der Waals surface area contributed by atoms with Crippen molar-refractivity contribution in [3.8, 4) is 0 Å². The first-order chi connectivity index (χ1) is 10.3. The largest absolute Gasteiger partial charge is 0.378 e. The number of carbonyl (C=O) groups excluding carboxylic acids is 1. The minimum atomic E-state index is -0.189. The standard InChI is InChI=1S/C15H14BrN3O2/c16-11-4-3-10(13-9(11)2-1-5-17-13)14-18-15(20)12-8-21-7-6-19(12)14/h1-5,12,14H,6-8H2,(H,18,20)/t12-,14+/m0/s1. The van der Waals surface area contributed by atoms with Crippen molar-refractivity contribution in [1.82, 2.24) is 15.2 Å². The third kappa shape index (κ3) is 2.06. The van der Waals surface area contributed by atoms with E-state index in [0.717, 1.165) is 27.5 Å². The van der Waals surface area contributed by atoms with Gasteiger partial charge in [0.2, 0.25) is 5.91 Å². The molecule has 0 saturated carbocycles. The molecule has 0 radical (unpaired) electrons. The molecule has 0 spiro atoms. The number of hydrogen-bond donors (Lipinski definition) is 1. The van der Waals surface area contributed by atoms with E-state index < -0.39 is 0 Å². The summed E-state index contributed by atoms with van der Waals surface area (Å²) in [6.45, 7) is 1.87.